The van der Waals surface area contributed by atoms with E-state index < -0.39 is 17.6 Å². The molecule has 1 aliphatic rings. The van der Waals surface area contributed by atoms with Crippen molar-refractivity contribution < 1.29 is 13.9 Å². The predicted molar refractivity (Wildman–Crippen MR) is 108 cm³/mol. The Morgan fingerprint density at radius 3 is 2.76 bits per heavy atom. The molecular weight excluding hydrogens is 399 g/mol. The quantitative estimate of drug-likeness (QED) is 0.790. The van der Waals surface area contributed by atoms with Gasteiger partial charge in [0.05, 0.1) is 18.7 Å². The number of aryl methyl sites for hydroxylation is 1. The summed E-state index contributed by atoms with van der Waals surface area (Å²) in [5.74, 6) is -1.26. The molecule has 154 valence electrons. The van der Waals surface area contributed by atoms with Gasteiger partial charge in [0.25, 0.3) is 0 Å². The standard InChI is InChI=1S/C19H22ClFN6O2/c1-11-15(20)16(29-3)25-19(24-11)27-9-8-23-18(22)26(2)17(28)13(10-27)12-6-4-5-7-14(12)21/h4-7,13H,8-10H2,1-3H3,(H2,22,23)/t13-/m1/s1. The average Bonchev–Trinajstić information content (AvgIpc) is 2.76. The third-order valence-electron chi connectivity index (χ3n) is 4.77. The molecule has 2 heterocycles. The second-order valence-electron chi connectivity index (χ2n) is 6.63. The van der Waals surface area contributed by atoms with E-state index in [-0.39, 0.29) is 23.9 Å². The maximum Gasteiger partial charge on any atom is 0.238 e. The van der Waals surface area contributed by atoms with Gasteiger partial charge < -0.3 is 15.0 Å². The molecule has 1 fully saturated rings. The molecular formula is C19H22ClFN6O2. The zero-order valence-corrected chi connectivity index (χ0v) is 17.1. The van der Waals surface area contributed by atoms with Gasteiger partial charge in [-0.15, -0.1) is 0 Å². The number of carbonyl (C=O) groups is 1. The van der Waals surface area contributed by atoms with Crippen LogP contribution in [0.1, 0.15) is 17.2 Å². The van der Waals surface area contributed by atoms with Crippen molar-refractivity contribution in [2.24, 2.45) is 0 Å². The number of anilines is 1. The molecule has 1 aromatic carbocycles. The Kier molecular flexibility index (Phi) is 6.17. The molecule has 0 saturated carbocycles. The second-order valence-corrected chi connectivity index (χ2v) is 7.00. The number of hydrogen-bond donors (Lipinski definition) is 2. The van der Waals surface area contributed by atoms with E-state index >= 15 is 0 Å². The highest BCUT2D eigenvalue weighted by atomic mass is 35.5. The number of rotatable bonds is 3. The minimum absolute atomic E-state index is 0.0519. The number of methoxy groups -OCH3 is 1. The SMILES string of the molecule is COc1nc(N2CCNC(=N)N(C)C(=O)[C@@H](c3ccccc3F)C2)nc(C)c1Cl. The topological polar surface area (TPSA) is 94.4 Å². The number of hydrogen-bond acceptors (Lipinski definition) is 6. The number of carbonyl (C=O) groups excluding carboxylic acids is 1. The first-order valence-electron chi connectivity index (χ1n) is 9.01. The van der Waals surface area contributed by atoms with Crippen LogP contribution < -0.4 is 15.0 Å². The summed E-state index contributed by atoms with van der Waals surface area (Å²) in [5, 5.41) is 11.3. The van der Waals surface area contributed by atoms with Crippen LogP contribution in [0.5, 0.6) is 5.88 Å². The monoisotopic (exact) mass is 420 g/mol. The van der Waals surface area contributed by atoms with Crippen LogP contribution in [-0.2, 0) is 4.79 Å². The summed E-state index contributed by atoms with van der Waals surface area (Å²) in [6, 6.07) is 6.14. The smallest absolute Gasteiger partial charge is 0.238 e. The Bertz CT molecular complexity index is 941. The maximum absolute atomic E-state index is 14.5. The number of nitrogens with zero attached hydrogens (tertiary/aromatic N) is 4. The van der Waals surface area contributed by atoms with E-state index in [1.807, 2.05) is 0 Å². The van der Waals surface area contributed by atoms with Crippen molar-refractivity contribution in [3.05, 3.63) is 46.4 Å². The molecule has 0 bridgehead atoms. The van der Waals surface area contributed by atoms with Crippen LogP contribution in [0.3, 0.4) is 0 Å². The highest BCUT2D eigenvalue weighted by molar-refractivity contribution is 6.32. The number of benzene rings is 1. The van der Waals surface area contributed by atoms with Gasteiger partial charge in [-0.25, -0.2) is 9.37 Å². The third kappa shape index (κ3) is 4.24. The van der Waals surface area contributed by atoms with Crippen molar-refractivity contribution in [1.82, 2.24) is 20.2 Å². The lowest BCUT2D eigenvalue weighted by atomic mass is 9.96. The van der Waals surface area contributed by atoms with Crippen LogP contribution in [0.25, 0.3) is 0 Å². The van der Waals surface area contributed by atoms with Crippen molar-refractivity contribution in [1.29, 1.82) is 5.41 Å². The number of nitrogens with one attached hydrogen (secondary N) is 2. The van der Waals surface area contributed by atoms with Crippen LogP contribution in [0.2, 0.25) is 5.02 Å². The van der Waals surface area contributed by atoms with Gasteiger partial charge in [-0.05, 0) is 13.0 Å². The molecule has 0 aliphatic carbocycles. The van der Waals surface area contributed by atoms with Gasteiger partial charge >= 0.3 is 0 Å². The average molecular weight is 421 g/mol. The minimum atomic E-state index is -0.855. The summed E-state index contributed by atoms with van der Waals surface area (Å²) >= 11 is 6.18. The van der Waals surface area contributed by atoms with E-state index in [2.05, 4.69) is 15.3 Å². The fourth-order valence-corrected chi connectivity index (χ4v) is 3.29. The summed E-state index contributed by atoms with van der Waals surface area (Å²) in [7, 11) is 2.95. The third-order valence-corrected chi connectivity index (χ3v) is 5.21. The van der Waals surface area contributed by atoms with Crippen LogP contribution >= 0.6 is 11.6 Å². The van der Waals surface area contributed by atoms with Crippen LogP contribution in [0.4, 0.5) is 10.3 Å². The Morgan fingerprint density at radius 1 is 1.34 bits per heavy atom. The number of halogens is 2. The van der Waals surface area contributed by atoms with E-state index in [9.17, 15) is 9.18 Å². The molecule has 1 amide bonds. The number of ether oxygens (including phenoxy) is 1. The first kappa shape index (κ1) is 20.8. The van der Waals surface area contributed by atoms with E-state index in [4.69, 9.17) is 21.7 Å². The second kappa shape index (κ2) is 8.60. The summed E-state index contributed by atoms with van der Waals surface area (Å²) in [5.41, 5.74) is 0.779. The highest BCUT2D eigenvalue weighted by Crippen LogP contribution is 2.29. The summed E-state index contributed by atoms with van der Waals surface area (Å²) in [4.78, 5) is 24.8. The lowest BCUT2D eigenvalue weighted by Gasteiger charge is -2.28. The first-order valence-corrected chi connectivity index (χ1v) is 9.38. The van der Waals surface area contributed by atoms with Crippen molar-refractivity contribution in [3.63, 3.8) is 0 Å². The van der Waals surface area contributed by atoms with Gasteiger partial charge in [-0.2, -0.15) is 4.98 Å². The van der Waals surface area contributed by atoms with Gasteiger partial charge in [0, 0.05) is 32.2 Å². The Morgan fingerprint density at radius 2 is 2.07 bits per heavy atom. The van der Waals surface area contributed by atoms with Crippen molar-refractivity contribution in [2.75, 3.05) is 38.7 Å². The van der Waals surface area contributed by atoms with Crippen LogP contribution in [0, 0.1) is 18.2 Å². The number of likely N-dealkylation sites (N-methyl/N-ethyl adjacent to an activating group) is 1. The van der Waals surface area contributed by atoms with Crippen LogP contribution in [0.15, 0.2) is 24.3 Å². The van der Waals surface area contributed by atoms with Crippen molar-refractivity contribution >= 4 is 29.4 Å². The molecule has 29 heavy (non-hydrogen) atoms. The largest absolute Gasteiger partial charge is 0.480 e. The Balaban J connectivity index is 2.07. The molecule has 0 unspecified atom stereocenters. The molecule has 0 radical (unpaired) electrons. The molecule has 1 saturated heterocycles. The van der Waals surface area contributed by atoms with Gasteiger partial charge in [-0.3, -0.25) is 15.1 Å². The number of guanidine groups is 1. The van der Waals surface area contributed by atoms with Gasteiger partial charge in [0.2, 0.25) is 17.7 Å². The molecule has 8 nitrogen and oxygen atoms in total. The minimum Gasteiger partial charge on any atom is -0.480 e. The molecule has 2 aromatic rings. The summed E-state index contributed by atoms with van der Waals surface area (Å²) in [6.07, 6.45) is 0. The molecule has 3 rings (SSSR count). The fourth-order valence-electron chi connectivity index (χ4n) is 3.13. The van der Waals surface area contributed by atoms with Crippen molar-refractivity contribution in [3.8, 4) is 5.88 Å². The zero-order valence-electron chi connectivity index (χ0n) is 16.4. The van der Waals surface area contributed by atoms with Gasteiger partial charge in [-0.1, -0.05) is 29.8 Å². The van der Waals surface area contributed by atoms with Gasteiger partial charge in [0.1, 0.15) is 10.8 Å². The Labute approximate surface area is 173 Å². The van der Waals surface area contributed by atoms with E-state index in [0.717, 1.165) is 0 Å². The number of amides is 1. The van der Waals surface area contributed by atoms with Crippen molar-refractivity contribution in [2.45, 2.75) is 12.8 Å². The lowest BCUT2D eigenvalue weighted by Crippen LogP contribution is -2.44. The molecule has 10 heteroatoms. The van der Waals surface area contributed by atoms with Crippen LogP contribution in [-0.4, -0.2) is 60.5 Å². The molecule has 2 N–H and O–H groups in total. The van der Waals surface area contributed by atoms with E-state index in [1.54, 1.807) is 30.0 Å². The first-order chi connectivity index (χ1) is 13.8. The molecule has 1 atom stereocenters. The summed E-state index contributed by atoms with van der Waals surface area (Å²) in [6.45, 7) is 2.61. The zero-order chi connectivity index (χ0) is 21.1. The molecule has 0 spiro atoms. The van der Waals surface area contributed by atoms with E-state index in [0.29, 0.717) is 29.8 Å². The fraction of sp³-hybridized carbons (Fsp3) is 0.368. The number of aromatic nitrogens is 2. The Hall–Kier alpha value is -2.94. The van der Waals surface area contributed by atoms with Gasteiger partial charge in [0.15, 0.2) is 5.96 Å². The molecule has 1 aromatic heterocycles. The maximum atomic E-state index is 14.5. The van der Waals surface area contributed by atoms with E-state index in [1.165, 1.54) is 25.1 Å². The predicted octanol–water partition coefficient (Wildman–Crippen LogP) is 2.17. The summed E-state index contributed by atoms with van der Waals surface area (Å²) < 4.78 is 19.8. The lowest BCUT2D eigenvalue weighted by molar-refractivity contribution is -0.128. The molecule has 1 aliphatic heterocycles. The normalized spacial score (nSPS) is 18.0. The highest BCUT2D eigenvalue weighted by Gasteiger charge is 2.32.